The summed E-state index contributed by atoms with van der Waals surface area (Å²) in [7, 11) is 0. The Hall–Kier alpha value is -3.28. The van der Waals surface area contributed by atoms with Gasteiger partial charge in [-0.1, -0.05) is 45.9 Å². The van der Waals surface area contributed by atoms with Crippen molar-refractivity contribution in [3.8, 4) is 0 Å². The highest BCUT2D eigenvalue weighted by Crippen LogP contribution is 2.32. The van der Waals surface area contributed by atoms with E-state index in [1.165, 1.54) is 12.1 Å². The molecule has 0 unspecified atom stereocenters. The minimum atomic E-state index is -0.646. The highest BCUT2D eigenvalue weighted by molar-refractivity contribution is 5.98. The molecule has 2 aromatic carbocycles. The molecular weight excluding hydrogens is 395 g/mol. The monoisotopic (exact) mass is 422 g/mol. The van der Waals surface area contributed by atoms with Gasteiger partial charge in [-0.2, -0.15) is 0 Å². The van der Waals surface area contributed by atoms with Crippen LogP contribution in [0, 0.1) is 12.7 Å². The third-order valence-corrected chi connectivity index (χ3v) is 5.16. The Morgan fingerprint density at radius 3 is 2.29 bits per heavy atom. The van der Waals surface area contributed by atoms with Crippen molar-refractivity contribution >= 4 is 28.5 Å². The van der Waals surface area contributed by atoms with Crippen LogP contribution in [0.25, 0.3) is 10.9 Å². The number of hydrogen-bond donors (Lipinski definition) is 1. The quantitative estimate of drug-likeness (QED) is 0.516. The molecule has 6 heteroatoms. The van der Waals surface area contributed by atoms with Gasteiger partial charge >= 0.3 is 5.97 Å². The predicted octanol–water partition coefficient (Wildman–Crippen LogP) is 5.72. The van der Waals surface area contributed by atoms with E-state index >= 15 is 0 Å². The second-order valence-electron chi connectivity index (χ2n) is 8.20. The van der Waals surface area contributed by atoms with Gasteiger partial charge in [0.2, 0.25) is 0 Å². The topological polar surface area (TPSA) is 68.3 Å². The van der Waals surface area contributed by atoms with Crippen LogP contribution in [0.3, 0.4) is 0 Å². The van der Waals surface area contributed by atoms with Crippen molar-refractivity contribution in [3.63, 3.8) is 0 Å². The number of esters is 1. The first-order valence-corrected chi connectivity index (χ1v) is 10.3. The summed E-state index contributed by atoms with van der Waals surface area (Å²) in [4.78, 5) is 29.4. The summed E-state index contributed by atoms with van der Waals surface area (Å²) in [6, 6.07) is 11.7. The van der Waals surface area contributed by atoms with E-state index in [-0.39, 0.29) is 17.4 Å². The van der Waals surface area contributed by atoms with Crippen molar-refractivity contribution in [1.82, 2.24) is 4.98 Å². The van der Waals surface area contributed by atoms with Crippen molar-refractivity contribution in [3.05, 3.63) is 70.7 Å². The SMILES string of the molecule is Cc1nc2cc(F)ccc2cc1C(=O)OCC(=O)Nc1c(C(C)C)cccc1C(C)C. The molecule has 0 bridgehead atoms. The van der Waals surface area contributed by atoms with Crippen LogP contribution >= 0.6 is 0 Å². The average Bonchev–Trinajstić information content (AvgIpc) is 2.71. The van der Waals surface area contributed by atoms with Gasteiger partial charge in [-0.3, -0.25) is 9.78 Å². The van der Waals surface area contributed by atoms with Crippen LogP contribution in [0.2, 0.25) is 0 Å². The number of aromatic nitrogens is 1. The summed E-state index contributed by atoms with van der Waals surface area (Å²) in [6.07, 6.45) is 0. The molecule has 0 spiro atoms. The normalized spacial score (nSPS) is 11.2. The number of anilines is 1. The second kappa shape index (κ2) is 9.25. The molecule has 5 nitrogen and oxygen atoms in total. The maximum atomic E-state index is 13.4. The predicted molar refractivity (Wildman–Crippen MR) is 120 cm³/mol. The van der Waals surface area contributed by atoms with E-state index in [4.69, 9.17) is 4.74 Å². The van der Waals surface area contributed by atoms with Gasteiger partial charge in [-0.15, -0.1) is 0 Å². The lowest BCUT2D eigenvalue weighted by Gasteiger charge is -2.20. The third kappa shape index (κ3) is 5.08. The van der Waals surface area contributed by atoms with Gasteiger partial charge in [0.15, 0.2) is 6.61 Å². The number of rotatable bonds is 6. The van der Waals surface area contributed by atoms with E-state index < -0.39 is 24.3 Å². The minimum absolute atomic E-state index is 0.229. The number of ether oxygens (including phenoxy) is 1. The molecule has 0 aliphatic carbocycles. The number of fused-ring (bicyclic) bond motifs is 1. The van der Waals surface area contributed by atoms with Crippen LogP contribution < -0.4 is 5.32 Å². The number of aryl methyl sites for hydroxylation is 1. The molecule has 1 heterocycles. The lowest BCUT2D eigenvalue weighted by Crippen LogP contribution is -2.23. The zero-order valence-corrected chi connectivity index (χ0v) is 18.5. The Bertz CT molecular complexity index is 1110. The summed E-state index contributed by atoms with van der Waals surface area (Å²) in [5, 5.41) is 3.55. The lowest BCUT2D eigenvalue weighted by molar-refractivity contribution is -0.119. The number of nitrogens with one attached hydrogen (secondary N) is 1. The van der Waals surface area contributed by atoms with Crippen LogP contribution in [-0.2, 0) is 9.53 Å². The van der Waals surface area contributed by atoms with Gasteiger partial charge < -0.3 is 10.1 Å². The van der Waals surface area contributed by atoms with Crippen LogP contribution in [0.5, 0.6) is 0 Å². The van der Waals surface area contributed by atoms with Gasteiger partial charge in [-0.25, -0.2) is 9.18 Å². The molecule has 162 valence electrons. The number of carbonyl (C=O) groups is 2. The molecule has 3 rings (SSSR count). The molecule has 1 amide bonds. The molecule has 0 aliphatic heterocycles. The van der Waals surface area contributed by atoms with E-state index in [2.05, 4.69) is 38.0 Å². The number of nitrogens with zero attached hydrogens (tertiary/aromatic N) is 1. The summed E-state index contributed by atoms with van der Waals surface area (Å²) in [5.74, 6) is -0.987. The minimum Gasteiger partial charge on any atom is -0.452 e. The fourth-order valence-corrected chi connectivity index (χ4v) is 3.52. The van der Waals surface area contributed by atoms with E-state index in [1.54, 1.807) is 19.1 Å². The van der Waals surface area contributed by atoms with E-state index in [0.29, 0.717) is 16.6 Å². The molecule has 0 fully saturated rings. The van der Waals surface area contributed by atoms with Gasteiger partial charge in [0.1, 0.15) is 5.82 Å². The first-order chi connectivity index (χ1) is 14.7. The lowest BCUT2D eigenvalue weighted by atomic mass is 9.92. The zero-order valence-electron chi connectivity index (χ0n) is 18.5. The summed E-state index contributed by atoms with van der Waals surface area (Å²) >= 11 is 0. The number of carbonyl (C=O) groups excluding carboxylic acids is 2. The van der Waals surface area contributed by atoms with E-state index in [0.717, 1.165) is 16.8 Å². The maximum Gasteiger partial charge on any atom is 0.340 e. The van der Waals surface area contributed by atoms with Crippen molar-refractivity contribution < 1.29 is 18.7 Å². The molecule has 1 N–H and O–H groups in total. The van der Waals surface area contributed by atoms with Gasteiger partial charge in [0, 0.05) is 17.1 Å². The van der Waals surface area contributed by atoms with E-state index in [9.17, 15) is 14.0 Å². The van der Waals surface area contributed by atoms with Crippen molar-refractivity contribution in [2.24, 2.45) is 0 Å². The molecule has 0 radical (unpaired) electrons. The van der Waals surface area contributed by atoms with Crippen LogP contribution in [0.1, 0.15) is 66.7 Å². The van der Waals surface area contributed by atoms with Gasteiger partial charge in [0.25, 0.3) is 5.91 Å². The summed E-state index contributed by atoms with van der Waals surface area (Å²) in [5.41, 5.74) is 3.96. The fourth-order valence-electron chi connectivity index (χ4n) is 3.52. The number of halogens is 1. The number of pyridine rings is 1. The standard InChI is InChI=1S/C25H27FN2O3/c1-14(2)19-7-6-8-20(15(3)4)24(19)28-23(29)13-31-25(30)21-11-17-9-10-18(26)12-22(17)27-16(21)5/h6-12,14-15H,13H2,1-5H3,(H,28,29). The van der Waals surface area contributed by atoms with Gasteiger partial charge in [0.05, 0.1) is 16.8 Å². The van der Waals surface area contributed by atoms with Gasteiger partial charge in [-0.05, 0) is 48.1 Å². The largest absolute Gasteiger partial charge is 0.452 e. The number of hydrogen-bond acceptors (Lipinski definition) is 4. The highest BCUT2D eigenvalue weighted by atomic mass is 19.1. The van der Waals surface area contributed by atoms with Crippen LogP contribution in [-0.4, -0.2) is 23.5 Å². The summed E-state index contributed by atoms with van der Waals surface area (Å²) in [6.45, 7) is 9.50. The third-order valence-electron chi connectivity index (χ3n) is 5.16. The average molecular weight is 423 g/mol. The Morgan fingerprint density at radius 2 is 1.68 bits per heavy atom. The maximum absolute atomic E-state index is 13.4. The number of benzene rings is 2. The smallest absolute Gasteiger partial charge is 0.340 e. The zero-order chi connectivity index (χ0) is 22.7. The Morgan fingerprint density at radius 1 is 1.03 bits per heavy atom. The molecule has 0 aliphatic rings. The van der Waals surface area contributed by atoms with Crippen molar-refractivity contribution in [2.45, 2.75) is 46.5 Å². The van der Waals surface area contributed by atoms with E-state index in [1.807, 2.05) is 18.2 Å². The molecule has 0 saturated heterocycles. The Balaban J connectivity index is 1.75. The van der Waals surface area contributed by atoms with Crippen LogP contribution in [0.4, 0.5) is 10.1 Å². The number of para-hydroxylation sites is 1. The second-order valence-corrected chi connectivity index (χ2v) is 8.20. The molecule has 0 saturated carbocycles. The molecule has 1 aromatic heterocycles. The molecule has 3 aromatic rings. The number of amides is 1. The fraction of sp³-hybridized carbons (Fsp3) is 0.320. The highest BCUT2D eigenvalue weighted by Gasteiger charge is 2.18. The first-order valence-electron chi connectivity index (χ1n) is 10.3. The Labute approximate surface area is 181 Å². The first kappa shape index (κ1) is 22.4. The Kier molecular flexibility index (Phi) is 6.68. The molecule has 31 heavy (non-hydrogen) atoms. The van der Waals surface area contributed by atoms with Crippen molar-refractivity contribution in [1.29, 1.82) is 0 Å². The molecule has 0 atom stereocenters. The summed E-state index contributed by atoms with van der Waals surface area (Å²) < 4.78 is 18.6. The van der Waals surface area contributed by atoms with Crippen LogP contribution in [0.15, 0.2) is 42.5 Å². The molecular formula is C25H27FN2O3. The van der Waals surface area contributed by atoms with Crippen molar-refractivity contribution in [2.75, 3.05) is 11.9 Å².